The van der Waals surface area contributed by atoms with Crippen molar-refractivity contribution in [1.29, 1.82) is 0 Å². The van der Waals surface area contributed by atoms with Crippen molar-refractivity contribution in [1.82, 2.24) is 0 Å². The van der Waals surface area contributed by atoms with Gasteiger partial charge in [0.2, 0.25) is 0 Å². The quantitative estimate of drug-likeness (QED) is 0.113. The van der Waals surface area contributed by atoms with Crippen LogP contribution in [0.2, 0.25) is 0 Å². The predicted octanol–water partition coefficient (Wildman–Crippen LogP) is 14.3. The van der Waals surface area contributed by atoms with Gasteiger partial charge in [0, 0.05) is 0 Å². The fraction of sp³-hybridized carbons (Fsp3) is 0.364. The topological polar surface area (TPSA) is 0 Å². The van der Waals surface area contributed by atoms with Gasteiger partial charge in [-0.15, -0.1) is 0 Å². The molecule has 3 heteroatoms. The van der Waals surface area contributed by atoms with E-state index < -0.39 is 17.9 Å². The van der Waals surface area contributed by atoms with Crippen LogP contribution in [0.1, 0.15) is 120 Å². The van der Waals surface area contributed by atoms with Crippen LogP contribution in [0.3, 0.4) is 0 Å². The molecule has 0 bridgehead atoms. The molecule has 6 rings (SSSR count). The van der Waals surface area contributed by atoms with E-state index in [9.17, 15) is 0 Å². The van der Waals surface area contributed by atoms with E-state index in [-0.39, 0.29) is 7.25 Å². The summed E-state index contributed by atoms with van der Waals surface area (Å²) in [4.78, 5) is 0. The maximum atomic E-state index is 8.00. The van der Waals surface area contributed by atoms with Gasteiger partial charge in [0.25, 0.3) is 0 Å². The Labute approximate surface area is 295 Å². The van der Waals surface area contributed by atoms with Gasteiger partial charge >= 0.3 is 284 Å². The summed E-state index contributed by atoms with van der Waals surface area (Å²) in [6, 6.07) is 32.1. The Bertz CT molecular complexity index is 1610. The second-order valence-electron chi connectivity index (χ2n) is 13.6. The van der Waals surface area contributed by atoms with Crippen molar-refractivity contribution in [2.24, 2.45) is 0 Å². The van der Waals surface area contributed by atoms with E-state index in [1.165, 1.54) is 105 Å². The monoisotopic (exact) mass is 738 g/mol. The number of aryl methyl sites for hydroxylation is 2. The molecule has 0 amide bonds. The van der Waals surface area contributed by atoms with Gasteiger partial charge in [-0.1, -0.05) is 13.8 Å². The molecule has 2 unspecified atom stereocenters. The predicted molar refractivity (Wildman–Crippen MR) is 204 cm³/mol. The van der Waals surface area contributed by atoms with Gasteiger partial charge in [0.05, 0.1) is 0 Å². The molecule has 0 spiro atoms. The Morgan fingerprint density at radius 2 is 0.915 bits per heavy atom. The van der Waals surface area contributed by atoms with E-state index >= 15 is 0 Å². The second kappa shape index (κ2) is 15.6. The molecule has 244 valence electrons. The molecule has 2 atom stereocenters. The fourth-order valence-corrected chi connectivity index (χ4v) is 22.0. The van der Waals surface area contributed by atoms with Crippen LogP contribution in [0.25, 0.3) is 34.4 Å². The summed E-state index contributed by atoms with van der Waals surface area (Å²) in [6.45, 7) is 9.08. The number of halogens is 2. The summed E-state index contributed by atoms with van der Waals surface area (Å²) in [5, 5.41) is 0. The van der Waals surface area contributed by atoms with Crippen LogP contribution in [-0.4, -0.2) is 0 Å². The first-order chi connectivity index (χ1) is 22.9. The van der Waals surface area contributed by atoms with Crippen LogP contribution in [0, 0.1) is 0 Å². The first-order valence-electron chi connectivity index (χ1n) is 18.1. The first kappa shape index (κ1) is 34.7. The molecule has 0 aliphatic heterocycles. The van der Waals surface area contributed by atoms with Crippen molar-refractivity contribution in [3.8, 4) is 22.3 Å². The Hall–Kier alpha value is -2.18. The molecule has 0 fully saturated rings. The SMILES string of the molecule is CCCCCc1ccc(-c2cccc3c2C=C(CC)[CH]3[Zr]([Cl])([Cl])[CH]2C(CC)=Cc3c(-c4ccc(CCCCC)cc4)cccc32)cc1. The Morgan fingerprint density at radius 1 is 0.511 bits per heavy atom. The minimum absolute atomic E-state index is 0.123. The van der Waals surface area contributed by atoms with Gasteiger partial charge in [0.15, 0.2) is 0 Å². The van der Waals surface area contributed by atoms with Gasteiger partial charge in [-0.3, -0.25) is 0 Å². The van der Waals surface area contributed by atoms with Crippen molar-refractivity contribution >= 4 is 29.2 Å². The number of unbranched alkanes of at least 4 members (excludes halogenated alkanes) is 4. The number of rotatable bonds is 14. The number of allylic oxidation sites excluding steroid dienone is 2. The van der Waals surface area contributed by atoms with Crippen molar-refractivity contribution < 1.29 is 17.9 Å². The van der Waals surface area contributed by atoms with Gasteiger partial charge in [0.1, 0.15) is 0 Å². The average Bonchev–Trinajstić information content (AvgIpc) is 3.69. The van der Waals surface area contributed by atoms with E-state index in [1.54, 1.807) is 0 Å². The standard InChI is InChI=1S/2C22H25.2ClH.Zr/c2*1-3-5-6-8-18-11-13-19(14-12-18)21-10-7-9-20-15-17(4-2)16-22(20)21;;;/h2*7,9-16H,3-6,8H2,1-2H3;2*1H;/q;;;;+2/p-2. The molecule has 2 aliphatic rings. The van der Waals surface area contributed by atoms with E-state index in [0.717, 1.165) is 25.7 Å². The summed E-state index contributed by atoms with van der Waals surface area (Å²) in [5.74, 6) is 0. The van der Waals surface area contributed by atoms with Crippen molar-refractivity contribution in [2.75, 3.05) is 0 Å². The van der Waals surface area contributed by atoms with Gasteiger partial charge in [-0.25, -0.2) is 0 Å². The molecule has 4 aromatic rings. The molecular weight excluding hydrogens is 691 g/mol. The molecular formula is C44H50Cl2Zr. The van der Waals surface area contributed by atoms with Crippen LogP contribution in [-0.2, 0) is 30.7 Å². The molecule has 0 aromatic heterocycles. The zero-order valence-corrected chi connectivity index (χ0v) is 32.7. The van der Waals surface area contributed by atoms with Crippen molar-refractivity contribution in [3.63, 3.8) is 0 Å². The Kier molecular flexibility index (Phi) is 11.5. The van der Waals surface area contributed by atoms with E-state index in [1.807, 2.05) is 0 Å². The summed E-state index contributed by atoms with van der Waals surface area (Å²) < 4.78 is 0.246. The van der Waals surface area contributed by atoms with E-state index in [2.05, 4.69) is 125 Å². The Balaban J connectivity index is 1.34. The van der Waals surface area contributed by atoms with Crippen LogP contribution in [0.4, 0.5) is 0 Å². The molecule has 0 radical (unpaired) electrons. The molecule has 2 aliphatic carbocycles. The van der Waals surface area contributed by atoms with Crippen LogP contribution in [0.15, 0.2) is 96.1 Å². The molecule has 0 N–H and O–H groups in total. The Morgan fingerprint density at radius 3 is 1.28 bits per heavy atom. The third kappa shape index (κ3) is 7.11. The summed E-state index contributed by atoms with van der Waals surface area (Å²) in [5.41, 5.74) is 16.1. The minimum atomic E-state index is -4.01. The number of fused-ring (bicyclic) bond motifs is 2. The average molecular weight is 741 g/mol. The number of benzene rings is 4. The third-order valence-electron chi connectivity index (χ3n) is 10.6. The summed E-state index contributed by atoms with van der Waals surface area (Å²) in [6.07, 6.45) is 16.7. The molecule has 47 heavy (non-hydrogen) atoms. The molecule has 0 saturated heterocycles. The van der Waals surface area contributed by atoms with Crippen LogP contribution >= 0.6 is 17.0 Å². The second-order valence-corrected chi connectivity index (χ2v) is 28.3. The van der Waals surface area contributed by atoms with Crippen molar-refractivity contribution in [2.45, 2.75) is 99.2 Å². The van der Waals surface area contributed by atoms with E-state index in [4.69, 9.17) is 17.0 Å². The van der Waals surface area contributed by atoms with Crippen molar-refractivity contribution in [3.05, 3.63) is 129 Å². The maximum absolute atomic E-state index is 8.00. The summed E-state index contributed by atoms with van der Waals surface area (Å²) in [7, 11) is 16.0. The first-order valence-corrected chi connectivity index (χ1v) is 27.3. The summed E-state index contributed by atoms with van der Waals surface area (Å²) >= 11 is -4.01. The van der Waals surface area contributed by atoms with Gasteiger partial charge in [-0.2, -0.15) is 0 Å². The third-order valence-corrected chi connectivity index (χ3v) is 22.9. The molecule has 0 heterocycles. The normalized spacial score (nSPS) is 17.0. The number of hydrogen-bond acceptors (Lipinski definition) is 0. The molecule has 0 saturated carbocycles. The van der Waals surface area contributed by atoms with Crippen LogP contribution < -0.4 is 0 Å². The van der Waals surface area contributed by atoms with Gasteiger partial charge in [-0.05, 0) is 0 Å². The molecule has 4 aromatic carbocycles. The fourth-order valence-electron chi connectivity index (χ4n) is 7.98. The van der Waals surface area contributed by atoms with E-state index in [0.29, 0.717) is 0 Å². The molecule has 0 nitrogen and oxygen atoms in total. The zero-order valence-electron chi connectivity index (χ0n) is 28.7. The number of hydrogen-bond donors (Lipinski definition) is 0. The van der Waals surface area contributed by atoms with Crippen LogP contribution in [0.5, 0.6) is 0 Å². The van der Waals surface area contributed by atoms with Gasteiger partial charge < -0.3 is 0 Å². The zero-order chi connectivity index (χ0) is 33.0.